The second-order valence-corrected chi connectivity index (χ2v) is 4.44. The molecule has 0 fully saturated rings. The van der Waals surface area contributed by atoms with Crippen LogP contribution in [0.1, 0.15) is 10.5 Å². The van der Waals surface area contributed by atoms with Crippen LogP contribution in [0.2, 0.25) is 0 Å². The Balaban J connectivity index is 1.87. The first kappa shape index (κ1) is 11.8. The lowest BCUT2D eigenvalue weighted by molar-refractivity contribution is 0.111. The molecule has 17 heavy (non-hydrogen) atoms. The van der Waals surface area contributed by atoms with Gasteiger partial charge in [0.25, 0.3) is 0 Å². The summed E-state index contributed by atoms with van der Waals surface area (Å²) in [7, 11) is 0. The van der Waals surface area contributed by atoms with Crippen molar-refractivity contribution in [1.82, 2.24) is 15.0 Å². The maximum absolute atomic E-state index is 13.3. The van der Waals surface area contributed by atoms with Crippen LogP contribution in [0.25, 0.3) is 0 Å². The van der Waals surface area contributed by atoms with Crippen molar-refractivity contribution in [3.63, 3.8) is 0 Å². The van der Waals surface area contributed by atoms with Crippen molar-refractivity contribution in [3.8, 4) is 0 Å². The van der Waals surface area contributed by atoms with Gasteiger partial charge in [-0.3, -0.25) is 9.48 Å². The van der Waals surface area contributed by atoms with Gasteiger partial charge < -0.3 is 0 Å². The summed E-state index contributed by atoms with van der Waals surface area (Å²) in [6, 6.07) is 6.62. The number of hydrogen-bond acceptors (Lipinski definition) is 4. The van der Waals surface area contributed by atoms with E-state index in [0.717, 1.165) is 0 Å². The van der Waals surface area contributed by atoms with Crippen molar-refractivity contribution in [2.75, 3.05) is 5.75 Å². The number of benzene rings is 1. The molecule has 0 atom stereocenters. The molecule has 1 aromatic heterocycles. The Hall–Kier alpha value is -1.69. The lowest BCUT2D eigenvalue weighted by Crippen LogP contribution is -2.01. The maximum atomic E-state index is 13.3. The fourth-order valence-electron chi connectivity index (χ4n) is 1.29. The molecule has 0 aliphatic carbocycles. The summed E-state index contributed by atoms with van der Waals surface area (Å²) in [5.74, 6) is 0.451. The molecule has 0 bridgehead atoms. The Morgan fingerprint density at radius 2 is 2.24 bits per heavy atom. The highest BCUT2D eigenvalue weighted by molar-refractivity contribution is 7.99. The summed E-state index contributed by atoms with van der Waals surface area (Å²) in [5.41, 5.74) is 0.306. The topological polar surface area (TPSA) is 47.8 Å². The Morgan fingerprint density at radius 1 is 1.41 bits per heavy atom. The van der Waals surface area contributed by atoms with Crippen molar-refractivity contribution in [2.45, 2.75) is 11.4 Å². The van der Waals surface area contributed by atoms with Crippen molar-refractivity contribution in [2.24, 2.45) is 0 Å². The van der Waals surface area contributed by atoms with E-state index in [1.165, 1.54) is 17.8 Å². The third-order valence-electron chi connectivity index (χ3n) is 2.09. The molecule has 0 radical (unpaired) electrons. The molecular weight excluding hydrogens is 241 g/mol. The normalized spacial score (nSPS) is 10.4. The lowest BCUT2D eigenvalue weighted by Gasteiger charge is -2.02. The molecule has 0 aliphatic heterocycles. The molecule has 0 saturated carbocycles. The van der Waals surface area contributed by atoms with E-state index in [1.807, 2.05) is 0 Å². The highest BCUT2D eigenvalue weighted by atomic mass is 32.2. The van der Waals surface area contributed by atoms with Crippen LogP contribution in [-0.2, 0) is 6.54 Å². The van der Waals surface area contributed by atoms with Gasteiger partial charge in [-0.1, -0.05) is 17.3 Å². The summed E-state index contributed by atoms with van der Waals surface area (Å²) in [4.78, 5) is 11.0. The predicted octanol–water partition coefficient (Wildman–Crippen LogP) is 2.02. The molecular formula is C11H10FN3OS. The maximum Gasteiger partial charge on any atom is 0.171 e. The van der Waals surface area contributed by atoms with Crippen LogP contribution in [0.15, 0.2) is 35.4 Å². The standard InChI is InChI=1S/C11H10FN3OS/c12-10-3-1-2-4-11(10)17-6-5-15-7-9(8-16)13-14-15/h1-4,7-8H,5-6H2. The van der Waals surface area contributed by atoms with Gasteiger partial charge in [0.15, 0.2) is 6.29 Å². The third-order valence-corrected chi connectivity index (χ3v) is 3.12. The zero-order valence-corrected chi connectivity index (χ0v) is 9.73. The van der Waals surface area contributed by atoms with Crippen molar-refractivity contribution in [3.05, 3.63) is 42.0 Å². The number of halogens is 1. The molecule has 0 amide bonds. The van der Waals surface area contributed by atoms with Crippen LogP contribution in [0, 0.1) is 5.82 Å². The minimum atomic E-state index is -0.218. The zero-order valence-electron chi connectivity index (χ0n) is 8.91. The number of aryl methyl sites for hydroxylation is 1. The summed E-state index contributed by atoms with van der Waals surface area (Å²) in [5, 5.41) is 7.41. The number of carbonyl (C=O) groups excluding carboxylic acids is 1. The van der Waals surface area contributed by atoms with Gasteiger partial charge in [-0.25, -0.2) is 4.39 Å². The van der Waals surface area contributed by atoms with Gasteiger partial charge in [-0.15, -0.1) is 16.9 Å². The average Bonchev–Trinajstić information content (AvgIpc) is 2.80. The molecule has 0 N–H and O–H groups in total. The zero-order chi connectivity index (χ0) is 12.1. The Bertz CT molecular complexity index is 515. The van der Waals surface area contributed by atoms with Gasteiger partial charge in [0, 0.05) is 10.6 Å². The van der Waals surface area contributed by atoms with E-state index in [1.54, 1.807) is 29.1 Å². The summed E-state index contributed by atoms with van der Waals surface area (Å²) in [6.45, 7) is 0.583. The fraction of sp³-hybridized carbons (Fsp3) is 0.182. The third kappa shape index (κ3) is 3.13. The summed E-state index contributed by atoms with van der Waals surface area (Å²) < 4.78 is 14.8. The Labute approximate surface area is 102 Å². The molecule has 2 aromatic rings. The molecule has 0 spiro atoms. The second kappa shape index (κ2) is 5.58. The summed E-state index contributed by atoms with van der Waals surface area (Å²) >= 11 is 1.41. The van der Waals surface area contributed by atoms with Crippen LogP contribution in [0.4, 0.5) is 4.39 Å². The highest BCUT2D eigenvalue weighted by Crippen LogP contribution is 2.20. The van der Waals surface area contributed by atoms with E-state index >= 15 is 0 Å². The first-order chi connectivity index (χ1) is 8.29. The molecule has 1 aromatic carbocycles. The number of rotatable bonds is 5. The molecule has 2 rings (SSSR count). The number of carbonyl (C=O) groups is 1. The number of aldehydes is 1. The molecule has 0 aliphatic rings. The van der Waals surface area contributed by atoms with Gasteiger partial charge in [0.2, 0.25) is 0 Å². The van der Waals surface area contributed by atoms with E-state index in [0.29, 0.717) is 29.2 Å². The predicted molar refractivity (Wildman–Crippen MR) is 62.5 cm³/mol. The van der Waals surface area contributed by atoms with Crippen LogP contribution in [0.5, 0.6) is 0 Å². The van der Waals surface area contributed by atoms with Crippen LogP contribution < -0.4 is 0 Å². The Morgan fingerprint density at radius 3 is 2.94 bits per heavy atom. The van der Waals surface area contributed by atoms with E-state index in [-0.39, 0.29) is 5.82 Å². The van der Waals surface area contributed by atoms with Gasteiger partial charge in [-0.2, -0.15) is 0 Å². The molecule has 0 unspecified atom stereocenters. The van der Waals surface area contributed by atoms with Gasteiger partial charge in [0.1, 0.15) is 11.5 Å². The van der Waals surface area contributed by atoms with Crippen LogP contribution >= 0.6 is 11.8 Å². The molecule has 88 valence electrons. The van der Waals surface area contributed by atoms with Gasteiger partial charge in [0.05, 0.1) is 12.7 Å². The van der Waals surface area contributed by atoms with Crippen LogP contribution in [0.3, 0.4) is 0 Å². The average molecular weight is 251 g/mol. The largest absolute Gasteiger partial charge is 0.296 e. The molecule has 0 saturated heterocycles. The highest BCUT2D eigenvalue weighted by Gasteiger charge is 2.02. The van der Waals surface area contributed by atoms with Crippen LogP contribution in [-0.4, -0.2) is 27.0 Å². The van der Waals surface area contributed by atoms with Gasteiger partial charge in [-0.05, 0) is 12.1 Å². The number of thioether (sulfide) groups is 1. The van der Waals surface area contributed by atoms with Crippen molar-refractivity contribution < 1.29 is 9.18 Å². The summed E-state index contributed by atoms with van der Waals surface area (Å²) in [6.07, 6.45) is 2.21. The number of aromatic nitrogens is 3. The molecule has 6 heteroatoms. The first-order valence-electron chi connectivity index (χ1n) is 5.02. The molecule has 4 nitrogen and oxygen atoms in total. The smallest absolute Gasteiger partial charge is 0.171 e. The molecule has 1 heterocycles. The minimum absolute atomic E-state index is 0.218. The quantitative estimate of drug-likeness (QED) is 0.602. The monoisotopic (exact) mass is 251 g/mol. The Kier molecular flexibility index (Phi) is 3.87. The number of hydrogen-bond donors (Lipinski definition) is 0. The lowest BCUT2D eigenvalue weighted by atomic mass is 10.3. The minimum Gasteiger partial charge on any atom is -0.296 e. The second-order valence-electron chi connectivity index (χ2n) is 3.30. The first-order valence-corrected chi connectivity index (χ1v) is 6.01. The van der Waals surface area contributed by atoms with Gasteiger partial charge >= 0.3 is 0 Å². The van der Waals surface area contributed by atoms with E-state index in [2.05, 4.69) is 10.3 Å². The van der Waals surface area contributed by atoms with Crippen molar-refractivity contribution in [1.29, 1.82) is 0 Å². The van der Waals surface area contributed by atoms with E-state index < -0.39 is 0 Å². The van der Waals surface area contributed by atoms with Crippen molar-refractivity contribution >= 4 is 18.0 Å². The SMILES string of the molecule is O=Cc1cn(CCSc2ccccc2F)nn1. The fourth-order valence-corrected chi connectivity index (χ4v) is 2.17. The van der Waals surface area contributed by atoms with E-state index in [4.69, 9.17) is 0 Å². The van der Waals surface area contributed by atoms with E-state index in [9.17, 15) is 9.18 Å². The number of nitrogens with zero attached hydrogens (tertiary/aromatic N) is 3.